The number of hydrogen-bond acceptors (Lipinski definition) is 3. The number of amides is 1. The molecular formula is C22H26N2O2. The highest BCUT2D eigenvalue weighted by atomic mass is 16.5. The van der Waals surface area contributed by atoms with Crippen molar-refractivity contribution in [2.45, 2.75) is 31.1 Å². The standard InChI is InChI=1S/C22H26N2O2/c25-21(22(12-6-7-13-22)18-8-2-1-3-9-18)23-19-10-4-5-11-20(19)24-14-16-26-17-15-24/h1-5,8-11H,6-7,12-17H2,(H,23,25). The van der Waals surface area contributed by atoms with Gasteiger partial charge in [-0.25, -0.2) is 0 Å². The molecule has 2 fully saturated rings. The van der Waals surface area contributed by atoms with Crippen LogP contribution in [0, 0.1) is 0 Å². The molecule has 1 aliphatic carbocycles. The fraction of sp³-hybridized carbons (Fsp3) is 0.409. The van der Waals surface area contributed by atoms with Gasteiger partial charge < -0.3 is 15.0 Å². The molecular weight excluding hydrogens is 324 g/mol. The van der Waals surface area contributed by atoms with Gasteiger partial charge in [-0.3, -0.25) is 4.79 Å². The number of para-hydroxylation sites is 2. The summed E-state index contributed by atoms with van der Waals surface area (Å²) in [6, 6.07) is 18.4. The Morgan fingerprint density at radius 1 is 0.923 bits per heavy atom. The summed E-state index contributed by atoms with van der Waals surface area (Å²) in [5.41, 5.74) is 2.73. The van der Waals surface area contributed by atoms with Gasteiger partial charge in [-0.1, -0.05) is 55.3 Å². The van der Waals surface area contributed by atoms with Crippen molar-refractivity contribution >= 4 is 17.3 Å². The van der Waals surface area contributed by atoms with Gasteiger partial charge in [0, 0.05) is 13.1 Å². The van der Waals surface area contributed by atoms with Gasteiger partial charge in [0.15, 0.2) is 0 Å². The molecule has 4 nitrogen and oxygen atoms in total. The van der Waals surface area contributed by atoms with Crippen LogP contribution in [0.5, 0.6) is 0 Å². The van der Waals surface area contributed by atoms with Crippen molar-refractivity contribution in [3.8, 4) is 0 Å². The minimum Gasteiger partial charge on any atom is -0.378 e. The van der Waals surface area contributed by atoms with Crippen LogP contribution in [0.2, 0.25) is 0 Å². The van der Waals surface area contributed by atoms with Gasteiger partial charge in [-0.15, -0.1) is 0 Å². The monoisotopic (exact) mass is 350 g/mol. The second-order valence-corrected chi connectivity index (χ2v) is 7.23. The lowest BCUT2D eigenvalue weighted by atomic mass is 9.78. The predicted molar refractivity (Wildman–Crippen MR) is 105 cm³/mol. The average molecular weight is 350 g/mol. The first-order valence-electron chi connectivity index (χ1n) is 9.58. The molecule has 1 aliphatic heterocycles. The SMILES string of the molecule is O=C(Nc1ccccc1N1CCOCC1)C1(c2ccccc2)CCCC1. The smallest absolute Gasteiger partial charge is 0.235 e. The number of benzene rings is 2. The largest absolute Gasteiger partial charge is 0.378 e. The second kappa shape index (κ2) is 7.50. The van der Waals surface area contributed by atoms with Crippen LogP contribution in [0.4, 0.5) is 11.4 Å². The number of carbonyl (C=O) groups excluding carboxylic acids is 1. The Morgan fingerprint density at radius 3 is 2.31 bits per heavy atom. The third-order valence-corrected chi connectivity index (χ3v) is 5.72. The van der Waals surface area contributed by atoms with E-state index in [1.54, 1.807) is 0 Å². The molecule has 1 saturated heterocycles. The molecule has 136 valence electrons. The first kappa shape index (κ1) is 17.1. The topological polar surface area (TPSA) is 41.6 Å². The molecule has 1 N–H and O–H groups in total. The van der Waals surface area contributed by atoms with E-state index in [-0.39, 0.29) is 5.91 Å². The lowest BCUT2D eigenvalue weighted by Crippen LogP contribution is -2.39. The van der Waals surface area contributed by atoms with Crippen LogP contribution < -0.4 is 10.2 Å². The highest BCUT2D eigenvalue weighted by Gasteiger charge is 2.42. The summed E-state index contributed by atoms with van der Waals surface area (Å²) in [5.74, 6) is 0.127. The third kappa shape index (κ3) is 3.21. The summed E-state index contributed by atoms with van der Waals surface area (Å²) in [6.07, 6.45) is 4.05. The fourth-order valence-electron chi connectivity index (χ4n) is 4.28. The van der Waals surface area contributed by atoms with Gasteiger partial charge in [0.1, 0.15) is 0 Å². The molecule has 0 unspecified atom stereocenters. The van der Waals surface area contributed by atoms with Gasteiger partial charge in [0.05, 0.1) is 30.0 Å². The minimum atomic E-state index is -0.403. The Bertz CT molecular complexity index is 748. The Morgan fingerprint density at radius 2 is 1.58 bits per heavy atom. The molecule has 4 rings (SSSR count). The predicted octanol–water partition coefficient (Wildman–Crippen LogP) is 3.97. The quantitative estimate of drug-likeness (QED) is 0.907. The number of morpholine rings is 1. The van der Waals surface area contributed by atoms with E-state index in [0.29, 0.717) is 0 Å². The van der Waals surface area contributed by atoms with E-state index in [1.165, 1.54) is 0 Å². The zero-order chi connectivity index (χ0) is 17.8. The molecule has 1 saturated carbocycles. The fourth-order valence-corrected chi connectivity index (χ4v) is 4.28. The lowest BCUT2D eigenvalue weighted by Gasteiger charge is -2.32. The molecule has 4 heteroatoms. The maximum atomic E-state index is 13.4. The van der Waals surface area contributed by atoms with Gasteiger partial charge in [0.25, 0.3) is 0 Å². The van der Waals surface area contributed by atoms with Crippen LogP contribution in [-0.4, -0.2) is 32.2 Å². The number of anilines is 2. The van der Waals surface area contributed by atoms with Crippen LogP contribution in [-0.2, 0) is 14.9 Å². The molecule has 1 heterocycles. The molecule has 26 heavy (non-hydrogen) atoms. The highest BCUT2D eigenvalue weighted by molar-refractivity contribution is 6.01. The van der Waals surface area contributed by atoms with Crippen molar-refractivity contribution in [1.29, 1.82) is 0 Å². The van der Waals surface area contributed by atoms with Gasteiger partial charge in [-0.2, -0.15) is 0 Å². The maximum Gasteiger partial charge on any atom is 0.235 e. The molecule has 1 amide bonds. The van der Waals surface area contributed by atoms with Crippen LogP contribution in [0.25, 0.3) is 0 Å². The zero-order valence-electron chi connectivity index (χ0n) is 15.1. The molecule has 2 aliphatic rings. The summed E-state index contributed by atoms with van der Waals surface area (Å²) in [5, 5.41) is 3.27. The summed E-state index contributed by atoms with van der Waals surface area (Å²) >= 11 is 0. The van der Waals surface area contributed by atoms with Crippen molar-refractivity contribution < 1.29 is 9.53 Å². The lowest BCUT2D eigenvalue weighted by molar-refractivity contribution is -0.121. The summed E-state index contributed by atoms with van der Waals surface area (Å²) in [7, 11) is 0. The summed E-state index contributed by atoms with van der Waals surface area (Å²) < 4.78 is 5.47. The molecule has 2 aromatic carbocycles. The van der Waals surface area contributed by atoms with Crippen LogP contribution in [0.3, 0.4) is 0 Å². The van der Waals surface area contributed by atoms with Gasteiger partial charge >= 0.3 is 0 Å². The average Bonchev–Trinajstić information content (AvgIpc) is 3.21. The van der Waals surface area contributed by atoms with E-state index < -0.39 is 5.41 Å². The normalized spacial score (nSPS) is 19.3. The summed E-state index contributed by atoms with van der Waals surface area (Å²) in [6.45, 7) is 3.18. The number of hydrogen-bond donors (Lipinski definition) is 1. The second-order valence-electron chi connectivity index (χ2n) is 7.23. The Kier molecular flexibility index (Phi) is 4.93. The Labute approximate surface area is 155 Å². The van der Waals surface area contributed by atoms with E-state index >= 15 is 0 Å². The maximum absolute atomic E-state index is 13.4. The molecule has 2 aromatic rings. The first-order valence-corrected chi connectivity index (χ1v) is 9.58. The van der Waals surface area contributed by atoms with E-state index in [1.807, 2.05) is 36.4 Å². The molecule has 0 atom stereocenters. The summed E-state index contributed by atoms with van der Waals surface area (Å²) in [4.78, 5) is 15.7. The van der Waals surface area contributed by atoms with Crippen molar-refractivity contribution in [3.05, 3.63) is 60.2 Å². The van der Waals surface area contributed by atoms with Crippen molar-refractivity contribution in [2.75, 3.05) is 36.5 Å². The Hall–Kier alpha value is -2.33. The number of carbonyl (C=O) groups is 1. The first-order chi connectivity index (χ1) is 12.8. The molecule has 0 radical (unpaired) electrons. The Balaban J connectivity index is 1.61. The van der Waals surface area contributed by atoms with E-state index in [2.05, 4.69) is 28.4 Å². The van der Waals surface area contributed by atoms with Crippen LogP contribution in [0.15, 0.2) is 54.6 Å². The minimum absolute atomic E-state index is 0.127. The number of rotatable bonds is 4. The number of nitrogens with zero attached hydrogens (tertiary/aromatic N) is 1. The highest BCUT2D eigenvalue weighted by Crippen LogP contribution is 2.42. The van der Waals surface area contributed by atoms with Crippen molar-refractivity contribution in [1.82, 2.24) is 0 Å². The molecule has 0 bridgehead atoms. The molecule has 0 aromatic heterocycles. The van der Waals surface area contributed by atoms with Gasteiger partial charge in [0.2, 0.25) is 5.91 Å². The van der Waals surface area contributed by atoms with Crippen molar-refractivity contribution in [2.24, 2.45) is 0 Å². The van der Waals surface area contributed by atoms with Crippen LogP contribution in [0.1, 0.15) is 31.2 Å². The van der Waals surface area contributed by atoms with Crippen molar-refractivity contribution in [3.63, 3.8) is 0 Å². The van der Waals surface area contributed by atoms with E-state index in [0.717, 1.165) is 68.9 Å². The van der Waals surface area contributed by atoms with Gasteiger partial charge in [-0.05, 0) is 30.5 Å². The zero-order valence-corrected chi connectivity index (χ0v) is 15.1. The van der Waals surface area contributed by atoms with Crippen LogP contribution >= 0.6 is 0 Å². The molecule has 0 spiro atoms. The van der Waals surface area contributed by atoms with E-state index in [9.17, 15) is 4.79 Å². The third-order valence-electron chi connectivity index (χ3n) is 5.72. The van der Waals surface area contributed by atoms with E-state index in [4.69, 9.17) is 4.74 Å². The number of ether oxygens (including phenoxy) is 1. The number of nitrogens with one attached hydrogen (secondary N) is 1.